The lowest BCUT2D eigenvalue weighted by Crippen LogP contribution is -2.13. The standard InChI is InChI=1S/C10H9BrF3NO2S/c1-5(9(16)17)4-18-8-7(10(12,13)14)2-6(11)3-15-8/h2-3,5H,4H2,1H3,(H,16,17). The van der Waals surface area contributed by atoms with Gasteiger partial charge in [-0.3, -0.25) is 4.79 Å². The molecule has 1 atom stereocenters. The minimum atomic E-state index is -4.51. The lowest BCUT2D eigenvalue weighted by atomic mass is 10.2. The number of pyridine rings is 1. The van der Waals surface area contributed by atoms with E-state index in [4.69, 9.17) is 5.11 Å². The summed E-state index contributed by atoms with van der Waals surface area (Å²) in [5.74, 6) is -1.75. The van der Waals surface area contributed by atoms with Crippen LogP contribution in [0.25, 0.3) is 0 Å². The zero-order valence-electron chi connectivity index (χ0n) is 9.16. The van der Waals surface area contributed by atoms with Crippen molar-refractivity contribution in [1.82, 2.24) is 4.98 Å². The van der Waals surface area contributed by atoms with Crippen LogP contribution in [0.1, 0.15) is 12.5 Å². The third kappa shape index (κ3) is 4.16. The molecule has 1 unspecified atom stereocenters. The number of aromatic nitrogens is 1. The summed E-state index contributed by atoms with van der Waals surface area (Å²) in [6.45, 7) is 1.43. The fourth-order valence-corrected chi connectivity index (χ4v) is 2.36. The molecule has 0 bridgehead atoms. The van der Waals surface area contributed by atoms with Gasteiger partial charge >= 0.3 is 12.1 Å². The van der Waals surface area contributed by atoms with Gasteiger partial charge in [-0.2, -0.15) is 13.2 Å². The second kappa shape index (κ2) is 5.92. The van der Waals surface area contributed by atoms with E-state index in [1.807, 2.05) is 0 Å². The maximum Gasteiger partial charge on any atom is 0.419 e. The number of hydrogen-bond donors (Lipinski definition) is 1. The van der Waals surface area contributed by atoms with Crippen LogP contribution in [-0.4, -0.2) is 21.8 Å². The molecule has 1 aromatic rings. The predicted octanol–water partition coefficient (Wildman–Crippen LogP) is 3.68. The SMILES string of the molecule is CC(CSc1ncc(Br)cc1C(F)(F)F)C(=O)O. The van der Waals surface area contributed by atoms with Gasteiger partial charge in [0.1, 0.15) is 5.03 Å². The van der Waals surface area contributed by atoms with Gasteiger partial charge in [-0.25, -0.2) is 4.98 Å². The van der Waals surface area contributed by atoms with Gasteiger partial charge in [0.15, 0.2) is 0 Å². The lowest BCUT2D eigenvalue weighted by molar-refractivity contribution is -0.140. The molecular weight excluding hydrogens is 335 g/mol. The fraction of sp³-hybridized carbons (Fsp3) is 0.400. The van der Waals surface area contributed by atoms with Gasteiger partial charge in [-0.05, 0) is 22.0 Å². The van der Waals surface area contributed by atoms with Crippen LogP contribution in [-0.2, 0) is 11.0 Å². The molecule has 0 saturated carbocycles. The average Bonchev–Trinajstić information content (AvgIpc) is 2.25. The summed E-state index contributed by atoms with van der Waals surface area (Å²) in [6.07, 6.45) is -3.26. The van der Waals surface area contributed by atoms with Crippen LogP contribution >= 0.6 is 27.7 Å². The molecule has 8 heteroatoms. The number of carbonyl (C=O) groups is 1. The Balaban J connectivity index is 2.92. The number of alkyl halides is 3. The third-order valence-electron chi connectivity index (χ3n) is 2.01. The Morgan fingerprint density at radius 2 is 2.22 bits per heavy atom. The highest BCUT2D eigenvalue weighted by Crippen LogP contribution is 2.37. The first-order chi connectivity index (χ1) is 8.21. The largest absolute Gasteiger partial charge is 0.481 e. The molecule has 1 heterocycles. The maximum atomic E-state index is 12.7. The van der Waals surface area contributed by atoms with E-state index in [0.717, 1.165) is 17.8 Å². The first-order valence-electron chi connectivity index (χ1n) is 4.80. The molecule has 0 aliphatic carbocycles. The van der Waals surface area contributed by atoms with E-state index in [1.165, 1.54) is 13.1 Å². The quantitative estimate of drug-likeness (QED) is 0.847. The minimum Gasteiger partial charge on any atom is -0.481 e. The summed E-state index contributed by atoms with van der Waals surface area (Å²) < 4.78 is 38.4. The molecule has 3 nitrogen and oxygen atoms in total. The van der Waals surface area contributed by atoms with Gasteiger partial charge in [0.2, 0.25) is 0 Å². The van der Waals surface area contributed by atoms with E-state index in [9.17, 15) is 18.0 Å². The molecule has 0 aliphatic heterocycles. The maximum absolute atomic E-state index is 12.7. The fourth-order valence-electron chi connectivity index (χ4n) is 1.02. The van der Waals surface area contributed by atoms with Crippen molar-refractivity contribution in [3.63, 3.8) is 0 Å². The normalized spacial score (nSPS) is 13.4. The van der Waals surface area contributed by atoms with Crippen LogP contribution in [0.4, 0.5) is 13.2 Å². The monoisotopic (exact) mass is 343 g/mol. The molecule has 18 heavy (non-hydrogen) atoms. The molecule has 100 valence electrons. The van der Waals surface area contributed by atoms with Crippen molar-refractivity contribution < 1.29 is 23.1 Å². The van der Waals surface area contributed by atoms with Crippen molar-refractivity contribution in [2.75, 3.05) is 5.75 Å². The van der Waals surface area contributed by atoms with Gasteiger partial charge < -0.3 is 5.11 Å². The summed E-state index contributed by atoms with van der Waals surface area (Å²) in [7, 11) is 0. The van der Waals surface area contributed by atoms with Crippen LogP contribution in [0.3, 0.4) is 0 Å². The highest BCUT2D eigenvalue weighted by Gasteiger charge is 2.34. The Bertz CT molecular complexity index is 453. The number of rotatable bonds is 4. The van der Waals surface area contributed by atoms with Crippen molar-refractivity contribution in [3.05, 3.63) is 22.3 Å². The Morgan fingerprint density at radius 3 is 2.72 bits per heavy atom. The number of carboxylic acids is 1. The van der Waals surface area contributed by atoms with Crippen LogP contribution < -0.4 is 0 Å². The molecule has 1 N–H and O–H groups in total. The van der Waals surface area contributed by atoms with E-state index in [1.54, 1.807) is 0 Å². The van der Waals surface area contributed by atoms with Gasteiger partial charge in [0, 0.05) is 16.4 Å². The number of nitrogens with zero attached hydrogens (tertiary/aromatic N) is 1. The topological polar surface area (TPSA) is 50.2 Å². The van der Waals surface area contributed by atoms with E-state index in [2.05, 4.69) is 20.9 Å². The first-order valence-corrected chi connectivity index (χ1v) is 6.58. The molecule has 0 saturated heterocycles. The van der Waals surface area contributed by atoms with Crippen LogP contribution in [0.15, 0.2) is 21.8 Å². The summed E-state index contributed by atoms with van der Waals surface area (Å²) >= 11 is 3.71. The van der Waals surface area contributed by atoms with Crippen molar-refractivity contribution in [1.29, 1.82) is 0 Å². The highest BCUT2D eigenvalue weighted by atomic mass is 79.9. The Hall–Kier alpha value is -0.760. The summed E-state index contributed by atoms with van der Waals surface area (Å²) in [6, 6.07) is 0.931. The molecule has 0 aliphatic rings. The lowest BCUT2D eigenvalue weighted by Gasteiger charge is -2.12. The Labute approximate surface area is 114 Å². The summed E-state index contributed by atoms with van der Waals surface area (Å²) in [5, 5.41) is 8.46. The molecule has 1 rings (SSSR count). The van der Waals surface area contributed by atoms with Gasteiger partial charge in [-0.15, -0.1) is 11.8 Å². The zero-order valence-corrected chi connectivity index (χ0v) is 11.6. The molecule has 0 amide bonds. The van der Waals surface area contributed by atoms with E-state index in [0.29, 0.717) is 0 Å². The van der Waals surface area contributed by atoms with Crippen molar-refractivity contribution in [2.45, 2.75) is 18.1 Å². The van der Waals surface area contributed by atoms with Crippen LogP contribution in [0.2, 0.25) is 0 Å². The Kier molecular flexibility index (Phi) is 5.03. The van der Waals surface area contributed by atoms with E-state index >= 15 is 0 Å². The van der Waals surface area contributed by atoms with Gasteiger partial charge in [0.25, 0.3) is 0 Å². The number of hydrogen-bond acceptors (Lipinski definition) is 3. The van der Waals surface area contributed by atoms with Crippen LogP contribution in [0, 0.1) is 5.92 Å². The molecule has 1 aromatic heterocycles. The average molecular weight is 344 g/mol. The number of thioether (sulfide) groups is 1. The van der Waals surface area contributed by atoms with Gasteiger partial charge in [-0.1, -0.05) is 6.92 Å². The van der Waals surface area contributed by atoms with E-state index < -0.39 is 23.6 Å². The second-order valence-electron chi connectivity index (χ2n) is 3.55. The number of halogens is 4. The minimum absolute atomic E-state index is 0.0348. The molecule has 0 aromatic carbocycles. The first kappa shape index (κ1) is 15.3. The second-order valence-corrected chi connectivity index (χ2v) is 5.48. The van der Waals surface area contributed by atoms with Crippen molar-refractivity contribution >= 4 is 33.7 Å². The van der Waals surface area contributed by atoms with Crippen molar-refractivity contribution in [2.24, 2.45) is 5.92 Å². The van der Waals surface area contributed by atoms with E-state index in [-0.39, 0.29) is 15.3 Å². The zero-order chi connectivity index (χ0) is 13.9. The van der Waals surface area contributed by atoms with Crippen LogP contribution in [0.5, 0.6) is 0 Å². The molecular formula is C10H9BrF3NO2S. The third-order valence-corrected chi connectivity index (χ3v) is 3.71. The number of aliphatic carboxylic acids is 1. The molecule has 0 fully saturated rings. The van der Waals surface area contributed by atoms with Crippen molar-refractivity contribution in [3.8, 4) is 0 Å². The highest BCUT2D eigenvalue weighted by molar-refractivity contribution is 9.10. The Morgan fingerprint density at radius 1 is 1.61 bits per heavy atom. The summed E-state index contributed by atoms with van der Waals surface area (Å²) in [4.78, 5) is 14.3. The smallest absolute Gasteiger partial charge is 0.419 e. The number of carboxylic acid groups (broad SMARTS) is 1. The summed E-state index contributed by atoms with van der Waals surface area (Å²) in [5.41, 5.74) is -0.862. The predicted molar refractivity (Wildman–Crippen MR) is 64.5 cm³/mol. The molecule has 0 spiro atoms. The molecule has 0 radical (unpaired) electrons. The van der Waals surface area contributed by atoms with Gasteiger partial charge in [0.05, 0.1) is 11.5 Å².